The molecule has 0 fully saturated rings. The Kier molecular flexibility index (Phi) is 6.40. The summed E-state index contributed by atoms with van der Waals surface area (Å²) < 4.78 is 48.4. The molecular formula is C25H25Cl2F3N2O2. The molecule has 2 aromatic carbocycles. The van der Waals surface area contributed by atoms with Crippen LogP contribution in [-0.4, -0.2) is 30.1 Å². The number of aryl methyl sites for hydroxylation is 1. The molecule has 0 aromatic heterocycles. The number of hydrogen-bond donors (Lipinski definition) is 1. The number of alkyl carbamates (subject to hydrolysis) is 1. The molecule has 1 heterocycles. The number of benzene rings is 2. The number of aliphatic imine (C=N–C) groups is 1. The molecule has 2 aromatic rings. The first-order chi connectivity index (χ1) is 15.8. The number of carbonyl (C=O) groups excluding carboxylic acids is 1. The molecule has 2 unspecified atom stereocenters. The van der Waals surface area contributed by atoms with Crippen molar-refractivity contribution in [1.82, 2.24) is 5.32 Å². The number of carbonyl (C=O) groups is 1. The van der Waals surface area contributed by atoms with Crippen LogP contribution in [0.5, 0.6) is 0 Å². The number of halogens is 5. The molecule has 1 amide bonds. The van der Waals surface area contributed by atoms with Gasteiger partial charge in [0.05, 0.1) is 12.6 Å². The van der Waals surface area contributed by atoms with Crippen molar-refractivity contribution >= 4 is 35.0 Å². The van der Waals surface area contributed by atoms with Crippen LogP contribution in [-0.2, 0) is 16.6 Å². The van der Waals surface area contributed by atoms with Crippen molar-refractivity contribution < 1.29 is 22.7 Å². The van der Waals surface area contributed by atoms with Crippen LogP contribution in [0.15, 0.2) is 41.4 Å². The number of ether oxygens (including phenoxy) is 1. The van der Waals surface area contributed by atoms with Crippen LogP contribution in [0.25, 0.3) is 0 Å². The van der Waals surface area contributed by atoms with Crippen molar-refractivity contribution in [3.05, 3.63) is 68.7 Å². The molecule has 0 spiro atoms. The molecule has 182 valence electrons. The van der Waals surface area contributed by atoms with Gasteiger partial charge in [-0.05, 0) is 80.1 Å². The maximum atomic E-state index is 14.4. The molecule has 2 atom stereocenters. The third-order valence-corrected chi connectivity index (χ3v) is 6.65. The molecule has 0 saturated heterocycles. The molecule has 1 aliphatic carbocycles. The summed E-state index contributed by atoms with van der Waals surface area (Å²) in [6, 6.07) is 9.34. The first-order valence-electron chi connectivity index (χ1n) is 11.0. The molecule has 9 heteroatoms. The maximum Gasteiger partial charge on any atom is 0.408 e. The van der Waals surface area contributed by atoms with E-state index < -0.39 is 29.8 Å². The lowest BCUT2D eigenvalue weighted by molar-refractivity contribution is -0.183. The largest absolute Gasteiger partial charge is 0.444 e. The lowest BCUT2D eigenvalue weighted by Gasteiger charge is -2.31. The Hall–Kier alpha value is -2.25. The fourth-order valence-electron chi connectivity index (χ4n) is 4.60. The molecule has 0 bridgehead atoms. The van der Waals surface area contributed by atoms with Gasteiger partial charge in [0.15, 0.2) is 0 Å². The predicted molar refractivity (Wildman–Crippen MR) is 127 cm³/mol. The summed E-state index contributed by atoms with van der Waals surface area (Å²) in [6.07, 6.45) is -3.94. The van der Waals surface area contributed by atoms with Gasteiger partial charge in [0.1, 0.15) is 11.0 Å². The molecule has 0 saturated carbocycles. The zero-order valence-electron chi connectivity index (χ0n) is 19.0. The van der Waals surface area contributed by atoms with Gasteiger partial charge in [0.2, 0.25) is 0 Å². The van der Waals surface area contributed by atoms with Gasteiger partial charge in [-0.25, -0.2) is 4.79 Å². The van der Waals surface area contributed by atoms with E-state index in [1.165, 1.54) is 18.2 Å². The number of rotatable bonds is 3. The van der Waals surface area contributed by atoms with Gasteiger partial charge in [0, 0.05) is 22.2 Å². The summed E-state index contributed by atoms with van der Waals surface area (Å²) in [4.78, 5) is 16.5. The normalized spacial score (nSPS) is 22.4. The summed E-state index contributed by atoms with van der Waals surface area (Å²) in [6.45, 7) is 4.95. The van der Waals surface area contributed by atoms with Gasteiger partial charge in [-0.3, -0.25) is 4.99 Å². The Labute approximate surface area is 206 Å². The van der Waals surface area contributed by atoms with E-state index in [0.29, 0.717) is 24.1 Å². The van der Waals surface area contributed by atoms with Gasteiger partial charge in [0.25, 0.3) is 0 Å². The Balaban J connectivity index is 1.57. The second kappa shape index (κ2) is 8.76. The molecule has 0 radical (unpaired) electrons. The second-order valence-electron chi connectivity index (χ2n) is 9.83. The third kappa shape index (κ3) is 4.91. The minimum absolute atomic E-state index is 0.0130. The zero-order chi connectivity index (χ0) is 24.9. The lowest BCUT2D eigenvalue weighted by Crippen LogP contribution is -2.43. The van der Waals surface area contributed by atoms with Crippen LogP contribution in [0, 0.1) is 0 Å². The van der Waals surface area contributed by atoms with E-state index in [-0.39, 0.29) is 28.1 Å². The molecule has 4 rings (SSSR count). The Morgan fingerprint density at radius 1 is 1.12 bits per heavy atom. The fraction of sp³-hybridized carbons (Fsp3) is 0.440. The van der Waals surface area contributed by atoms with Crippen molar-refractivity contribution in [3.8, 4) is 0 Å². The van der Waals surface area contributed by atoms with E-state index in [1.807, 2.05) is 12.1 Å². The van der Waals surface area contributed by atoms with Gasteiger partial charge in [-0.2, -0.15) is 13.2 Å². The molecule has 1 N–H and O–H groups in total. The number of amides is 1. The average molecular weight is 513 g/mol. The number of fused-ring (bicyclic) bond motifs is 1. The summed E-state index contributed by atoms with van der Waals surface area (Å²) in [5.74, 6) is 0. The van der Waals surface area contributed by atoms with Crippen molar-refractivity contribution in [2.24, 2.45) is 4.99 Å². The number of alkyl halides is 3. The SMILES string of the molecule is CC(C)(C)OC(=O)NC1CCc2cc(C3=NCC(c4cc(Cl)cc(Cl)c4)(C(F)(F)F)C3)ccc21. The van der Waals surface area contributed by atoms with Crippen molar-refractivity contribution in [2.75, 3.05) is 6.54 Å². The summed E-state index contributed by atoms with van der Waals surface area (Å²) in [5, 5.41) is 3.19. The minimum Gasteiger partial charge on any atom is -0.444 e. The monoisotopic (exact) mass is 512 g/mol. The summed E-state index contributed by atoms with van der Waals surface area (Å²) >= 11 is 12.0. The smallest absolute Gasteiger partial charge is 0.408 e. The van der Waals surface area contributed by atoms with E-state index >= 15 is 0 Å². The Morgan fingerprint density at radius 2 is 1.79 bits per heavy atom. The van der Waals surface area contributed by atoms with Crippen LogP contribution < -0.4 is 5.32 Å². The van der Waals surface area contributed by atoms with E-state index in [4.69, 9.17) is 27.9 Å². The number of nitrogens with one attached hydrogen (secondary N) is 1. The number of nitrogens with zero attached hydrogens (tertiary/aromatic N) is 1. The van der Waals surface area contributed by atoms with E-state index in [9.17, 15) is 18.0 Å². The third-order valence-electron chi connectivity index (χ3n) is 6.21. The molecule has 34 heavy (non-hydrogen) atoms. The highest BCUT2D eigenvalue weighted by atomic mass is 35.5. The topological polar surface area (TPSA) is 50.7 Å². The van der Waals surface area contributed by atoms with Crippen molar-refractivity contribution in [1.29, 1.82) is 0 Å². The van der Waals surface area contributed by atoms with Crippen molar-refractivity contribution in [3.63, 3.8) is 0 Å². The van der Waals surface area contributed by atoms with Gasteiger partial charge in [-0.1, -0.05) is 35.3 Å². The molecular weight excluding hydrogens is 488 g/mol. The number of hydrogen-bond acceptors (Lipinski definition) is 3. The van der Waals surface area contributed by atoms with E-state index in [0.717, 1.165) is 11.1 Å². The van der Waals surface area contributed by atoms with E-state index in [2.05, 4.69) is 10.3 Å². The van der Waals surface area contributed by atoms with Gasteiger partial charge in [-0.15, -0.1) is 0 Å². The highest BCUT2D eigenvalue weighted by Gasteiger charge is 2.58. The van der Waals surface area contributed by atoms with Gasteiger partial charge >= 0.3 is 12.3 Å². The predicted octanol–water partition coefficient (Wildman–Crippen LogP) is 7.20. The quantitative estimate of drug-likeness (QED) is 0.472. The second-order valence-corrected chi connectivity index (χ2v) is 10.7. The Morgan fingerprint density at radius 3 is 2.41 bits per heavy atom. The summed E-state index contributed by atoms with van der Waals surface area (Å²) in [7, 11) is 0. The van der Waals surface area contributed by atoms with Crippen molar-refractivity contribution in [2.45, 2.75) is 63.3 Å². The highest BCUT2D eigenvalue weighted by Crippen LogP contribution is 2.49. The first-order valence-corrected chi connectivity index (χ1v) is 11.7. The lowest BCUT2D eigenvalue weighted by atomic mass is 9.76. The zero-order valence-corrected chi connectivity index (χ0v) is 20.5. The molecule has 2 aliphatic rings. The van der Waals surface area contributed by atoms with Crippen LogP contribution in [0.4, 0.5) is 18.0 Å². The summed E-state index contributed by atoms with van der Waals surface area (Å²) in [5.41, 5.74) is 0.188. The maximum absolute atomic E-state index is 14.4. The highest BCUT2D eigenvalue weighted by molar-refractivity contribution is 6.34. The van der Waals surface area contributed by atoms with E-state index in [1.54, 1.807) is 26.8 Å². The standard InChI is InChI=1S/C25H25Cl2F3N2O2/c1-23(2,3)34-22(33)32-20-7-5-14-8-15(4-6-19(14)20)21-12-24(13-31-21,25(28,29)30)16-9-17(26)11-18(27)10-16/h4,6,8-11,20H,5,7,12-13H2,1-3H3,(H,32,33). The molecule has 4 nitrogen and oxygen atoms in total. The van der Waals surface area contributed by atoms with Crippen LogP contribution in [0.1, 0.15) is 61.9 Å². The fourth-order valence-corrected chi connectivity index (χ4v) is 5.12. The first kappa shape index (κ1) is 24.9. The van der Waals surface area contributed by atoms with Crippen LogP contribution in [0.2, 0.25) is 10.0 Å². The average Bonchev–Trinajstić information content (AvgIpc) is 3.31. The van der Waals surface area contributed by atoms with Crippen LogP contribution >= 0.6 is 23.2 Å². The van der Waals surface area contributed by atoms with Crippen LogP contribution in [0.3, 0.4) is 0 Å². The molecule has 1 aliphatic heterocycles. The van der Waals surface area contributed by atoms with Gasteiger partial charge < -0.3 is 10.1 Å². The Bertz CT molecular complexity index is 1140. The minimum atomic E-state index is -4.54.